The number of aryl methyl sites for hydroxylation is 2. The van der Waals surface area contributed by atoms with Crippen molar-refractivity contribution in [3.8, 4) is 5.75 Å². The Morgan fingerprint density at radius 3 is 2.30 bits per heavy atom. The molecule has 0 aromatic heterocycles. The molecule has 1 aromatic rings. The van der Waals surface area contributed by atoms with Gasteiger partial charge in [0.15, 0.2) is 0 Å². The van der Waals surface area contributed by atoms with Gasteiger partial charge in [-0.25, -0.2) is 0 Å². The summed E-state index contributed by atoms with van der Waals surface area (Å²) in [7, 11) is 1.67. The van der Waals surface area contributed by atoms with Crippen LogP contribution in [0.25, 0.3) is 0 Å². The number of methoxy groups -OCH3 is 1. The molecular formula is C16H27NO3. The highest BCUT2D eigenvalue weighted by Gasteiger charge is 2.06. The molecule has 0 aliphatic rings. The maximum Gasteiger partial charge on any atom is 0.125 e. The van der Waals surface area contributed by atoms with E-state index in [4.69, 9.17) is 19.9 Å². The van der Waals surface area contributed by atoms with E-state index in [1.54, 1.807) is 7.11 Å². The Labute approximate surface area is 122 Å². The Morgan fingerprint density at radius 2 is 1.70 bits per heavy atom. The number of hydrogen-bond acceptors (Lipinski definition) is 4. The first-order valence-electron chi connectivity index (χ1n) is 7.18. The topological polar surface area (TPSA) is 53.7 Å². The van der Waals surface area contributed by atoms with Gasteiger partial charge in [0.05, 0.1) is 19.8 Å². The lowest BCUT2D eigenvalue weighted by atomic mass is 10.0. The predicted molar refractivity (Wildman–Crippen MR) is 81.5 cm³/mol. The first kappa shape index (κ1) is 17.0. The summed E-state index contributed by atoms with van der Waals surface area (Å²) < 4.78 is 16.2. The first-order valence-corrected chi connectivity index (χ1v) is 7.18. The van der Waals surface area contributed by atoms with E-state index in [9.17, 15) is 0 Å². The van der Waals surface area contributed by atoms with Gasteiger partial charge in [0.1, 0.15) is 5.75 Å². The van der Waals surface area contributed by atoms with Crippen LogP contribution in [0.15, 0.2) is 12.1 Å². The molecule has 1 aromatic carbocycles. The van der Waals surface area contributed by atoms with Gasteiger partial charge < -0.3 is 19.9 Å². The third kappa shape index (κ3) is 5.90. The molecular weight excluding hydrogens is 254 g/mol. The van der Waals surface area contributed by atoms with Crippen molar-refractivity contribution in [2.45, 2.75) is 26.7 Å². The van der Waals surface area contributed by atoms with Gasteiger partial charge in [0, 0.05) is 20.1 Å². The van der Waals surface area contributed by atoms with Crippen LogP contribution in [0.1, 0.15) is 23.1 Å². The third-order valence-corrected chi connectivity index (χ3v) is 3.06. The molecule has 0 amide bonds. The number of hydrogen-bond donors (Lipinski definition) is 1. The van der Waals surface area contributed by atoms with E-state index in [0.717, 1.165) is 18.6 Å². The third-order valence-electron chi connectivity index (χ3n) is 3.06. The Morgan fingerprint density at radius 1 is 1.00 bits per heavy atom. The van der Waals surface area contributed by atoms with Crippen LogP contribution < -0.4 is 10.5 Å². The van der Waals surface area contributed by atoms with Crippen LogP contribution in [0.2, 0.25) is 0 Å². The molecule has 4 heteroatoms. The lowest BCUT2D eigenvalue weighted by molar-refractivity contribution is 0.0643. The molecule has 4 nitrogen and oxygen atoms in total. The molecule has 0 bridgehead atoms. The fraction of sp³-hybridized carbons (Fsp3) is 0.625. The summed E-state index contributed by atoms with van der Waals surface area (Å²) in [5.74, 6) is 0.989. The number of ether oxygens (including phenoxy) is 3. The van der Waals surface area contributed by atoms with Crippen LogP contribution in [-0.2, 0) is 15.9 Å². The summed E-state index contributed by atoms with van der Waals surface area (Å²) in [5, 5.41) is 0. The smallest absolute Gasteiger partial charge is 0.125 e. The van der Waals surface area contributed by atoms with Crippen molar-refractivity contribution in [2.24, 2.45) is 5.73 Å². The normalized spacial score (nSPS) is 10.8. The molecule has 114 valence electrons. The minimum Gasteiger partial charge on any atom is -0.493 e. The van der Waals surface area contributed by atoms with Gasteiger partial charge in [-0.1, -0.05) is 12.1 Å². The lowest BCUT2D eigenvalue weighted by Crippen LogP contribution is -2.08. The second kappa shape index (κ2) is 9.75. The Balaban J connectivity index is 2.36. The van der Waals surface area contributed by atoms with Gasteiger partial charge in [-0.3, -0.25) is 0 Å². The highest BCUT2D eigenvalue weighted by Crippen LogP contribution is 2.25. The minimum atomic E-state index is 0.641. The first-order chi connectivity index (χ1) is 9.69. The van der Waals surface area contributed by atoms with E-state index < -0.39 is 0 Å². The fourth-order valence-electron chi connectivity index (χ4n) is 2.16. The summed E-state index contributed by atoms with van der Waals surface area (Å²) in [6, 6.07) is 4.31. The average molecular weight is 281 g/mol. The van der Waals surface area contributed by atoms with Crippen molar-refractivity contribution in [1.82, 2.24) is 0 Å². The van der Waals surface area contributed by atoms with Gasteiger partial charge in [0.25, 0.3) is 0 Å². The van der Waals surface area contributed by atoms with Gasteiger partial charge in [-0.05, 0) is 43.5 Å². The zero-order chi connectivity index (χ0) is 14.8. The van der Waals surface area contributed by atoms with Gasteiger partial charge in [0.2, 0.25) is 0 Å². The van der Waals surface area contributed by atoms with Gasteiger partial charge in [-0.15, -0.1) is 0 Å². The standard InChI is InChI=1S/C16H27NO3/c1-13-11-15(5-6-17)12-14(2)16(13)20-8-4-7-19-10-9-18-3/h11-12H,4-10,17H2,1-3H3. The molecule has 0 radical (unpaired) electrons. The van der Waals surface area contributed by atoms with Crippen molar-refractivity contribution in [3.05, 3.63) is 28.8 Å². The SMILES string of the molecule is COCCOCCCOc1c(C)cc(CCN)cc1C. The largest absolute Gasteiger partial charge is 0.493 e. The fourth-order valence-corrected chi connectivity index (χ4v) is 2.16. The predicted octanol–water partition coefficient (Wildman–Crippen LogP) is 2.24. The van der Waals surface area contributed by atoms with Crippen LogP contribution in [-0.4, -0.2) is 40.1 Å². The van der Waals surface area contributed by atoms with Crippen molar-refractivity contribution in [1.29, 1.82) is 0 Å². The van der Waals surface area contributed by atoms with Crippen molar-refractivity contribution >= 4 is 0 Å². The molecule has 0 spiro atoms. The van der Waals surface area contributed by atoms with Crippen molar-refractivity contribution < 1.29 is 14.2 Å². The monoisotopic (exact) mass is 281 g/mol. The van der Waals surface area contributed by atoms with Crippen LogP contribution in [0.3, 0.4) is 0 Å². The van der Waals surface area contributed by atoms with E-state index in [-0.39, 0.29) is 0 Å². The van der Waals surface area contributed by atoms with E-state index >= 15 is 0 Å². The number of nitrogens with two attached hydrogens (primary N) is 1. The van der Waals surface area contributed by atoms with E-state index in [1.807, 2.05) is 0 Å². The second-order valence-electron chi connectivity index (χ2n) is 4.90. The zero-order valence-electron chi connectivity index (χ0n) is 12.9. The molecule has 0 saturated heterocycles. The highest BCUT2D eigenvalue weighted by molar-refractivity contribution is 5.43. The molecule has 0 atom stereocenters. The van der Waals surface area contributed by atoms with Crippen molar-refractivity contribution in [3.63, 3.8) is 0 Å². The van der Waals surface area contributed by atoms with Crippen LogP contribution in [0.5, 0.6) is 5.75 Å². The number of rotatable bonds is 10. The average Bonchev–Trinajstić information content (AvgIpc) is 2.40. The highest BCUT2D eigenvalue weighted by atomic mass is 16.5. The molecule has 0 unspecified atom stereocenters. The zero-order valence-corrected chi connectivity index (χ0v) is 12.9. The number of benzene rings is 1. The molecule has 0 aliphatic heterocycles. The lowest BCUT2D eigenvalue weighted by Gasteiger charge is -2.14. The summed E-state index contributed by atoms with van der Waals surface area (Å²) in [6.45, 7) is 7.49. The molecule has 0 aliphatic carbocycles. The maximum atomic E-state index is 5.86. The maximum absolute atomic E-state index is 5.86. The van der Waals surface area contributed by atoms with E-state index in [2.05, 4.69) is 26.0 Å². The molecule has 1 rings (SSSR count). The van der Waals surface area contributed by atoms with Crippen LogP contribution in [0, 0.1) is 13.8 Å². The second-order valence-corrected chi connectivity index (χ2v) is 4.90. The summed E-state index contributed by atoms with van der Waals surface area (Å²) in [5.41, 5.74) is 9.22. The molecule has 0 fully saturated rings. The van der Waals surface area contributed by atoms with E-state index in [0.29, 0.717) is 33.0 Å². The molecule has 20 heavy (non-hydrogen) atoms. The van der Waals surface area contributed by atoms with Gasteiger partial charge >= 0.3 is 0 Å². The van der Waals surface area contributed by atoms with Crippen molar-refractivity contribution in [2.75, 3.05) is 40.1 Å². The van der Waals surface area contributed by atoms with Crippen LogP contribution in [0.4, 0.5) is 0 Å². The Kier molecular flexibility index (Phi) is 8.26. The summed E-state index contributed by atoms with van der Waals surface area (Å²) in [6.07, 6.45) is 1.79. The Bertz CT molecular complexity index is 370. The summed E-state index contributed by atoms with van der Waals surface area (Å²) in [4.78, 5) is 0. The minimum absolute atomic E-state index is 0.641. The summed E-state index contributed by atoms with van der Waals surface area (Å²) >= 11 is 0. The van der Waals surface area contributed by atoms with Crippen LogP contribution >= 0.6 is 0 Å². The molecule has 0 saturated carbocycles. The Hall–Kier alpha value is -1.10. The molecule has 2 N–H and O–H groups in total. The quantitative estimate of drug-likeness (QED) is 0.668. The van der Waals surface area contributed by atoms with Gasteiger partial charge in [-0.2, -0.15) is 0 Å². The molecule has 0 heterocycles. The van der Waals surface area contributed by atoms with E-state index in [1.165, 1.54) is 16.7 Å².